The first-order valence-corrected chi connectivity index (χ1v) is 8.55. The van der Waals surface area contributed by atoms with Crippen molar-refractivity contribution in [1.82, 2.24) is 15.5 Å². The van der Waals surface area contributed by atoms with Crippen LogP contribution in [0.3, 0.4) is 0 Å². The van der Waals surface area contributed by atoms with E-state index < -0.39 is 0 Å². The number of nitrogens with one attached hydrogen (secondary N) is 2. The van der Waals surface area contributed by atoms with Gasteiger partial charge in [-0.15, -0.1) is 0 Å². The fourth-order valence-electron chi connectivity index (χ4n) is 2.63. The molecular weight excluding hydrogens is 288 g/mol. The molecule has 0 aromatic heterocycles. The van der Waals surface area contributed by atoms with Crippen LogP contribution in [0.1, 0.15) is 18.4 Å². The topological polar surface area (TPSA) is 48.9 Å². The Morgan fingerprint density at radius 1 is 1.17 bits per heavy atom. The summed E-state index contributed by atoms with van der Waals surface area (Å²) in [7, 11) is 3.59. The molecule has 2 N–H and O–H groups in total. The molecule has 23 heavy (non-hydrogen) atoms. The van der Waals surface area contributed by atoms with E-state index in [0.29, 0.717) is 0 Å². The lowest BCUT2D eigenvalue weighted by atomic mass is 10.1. The lowest BCUT2D eigenvalue weighted by Crippen LogP contribution is -2.43. The van der Waals surface area contributed by atoms with Crippen molar-refractivity contribution < 1.29 is 4.74 Å². The Kier molecular flexibility index (Phi) is 7.90. The molecule has 0 radical (unpaired) electrons. The molecule has 1 aliphatic rings. The van der Waals surface area contributed by atoms with E-state index in [2.05, 4.69) is 44.8 Å². The van der Waals surface area contributed by atoms with E-state index in [1.165, 1.54) is 18.4 Å². The van der Waals surface area contributed by atoms with Crippen LogP contribution < -0.4 is 10.6 Å². The molecule has 0 unspecified atom stereocenters. The maximum atomic E-state index is 5.20. The SMILES string of the molecule is CN=C(NCCc1ccccc1)NCCN(CCOC)C1CC1. The smallest absolute Gasteiger partial charge is 0.191 e. The number of guanidine groups is 1. The van der Waals surface area contributed by atoms with Crippen molar-refractivity contribution in [1.29, 1.82) is 0 Å². The van der Waals surface area contributed by atoms with Gasteiger partial charge in [0.1, 0.15) is 0 Å². The largest absolute Gasteiger partial charge is 0.383 e. The van der Waals surface area contributed by atoms with Gasteiger partial charge in [0.2, 0.25) is 0 Å². The Morgan fingerprint density at radius 2 is 1.91 bits per heavy atom. The average molecular weight is 318 g/mol. The molecule has 1 aromatic rings. The molecule has 2 rings (SSSR count). The summed E-state index contributed by atoms with van der Waals surface area (Å²) in [6, 6.07) is 11.3. The van der Waals surface area contributed by atoms with E-state index in [-0.39, 0.29) is 0 Å². The summed E-state index contributed by atoms with van der Waals surface area (Å²) in [5.74, 6) is 0.878. The van der Waals surface area contributed by atoms with Gasteiger partial charge in [0.05, 0.1) is 6.61 Å². The van der Waals surface area contributed by atoms with Gasteiger partial charge >= 0.3 is 0 Å². The van der Waals surface area contributed by atoms with E-state index in [1.807, 2.05) is 13.1 Å². The standard InChI is InChI=1S/C18H30N4O/c1-19-18(20-11-10-16-6-4-3-5-7-16)21-12-13-22(14-15-23-2)17-8-9-17/h3-7,17H,8-15H2,1-2H3,(H2,19,20,21). The van der Waals surface area contributed by atoms with Gasteiger partial charge in [-0.3, -0.25) is 9.89 Å². The Hall–Kier alpha value is -1.59. The van der Waals surface area contributed by atoms with Crippen molar-refractivity contribution >= 4 is 5.96 Å². The summed E-state index contributed by atoms with van der Waals surface area (Å²) in [6.45, 7) is 4.65. The second kappa shape index (κ2) is 10.2. The fraction of sp³-hybridized carbons (Fsp3) is 0.611. The molecule has 5 heteroatoms. The molecule has 128 valence electrons. The number of methoxy groups -OCH3 is 1. The van der Waals surface area contributed by atoms with Gasteiger partial charge in [-0.05, 0) is 24.8 Å². The Morgan fingerprint density at radius 3 is 2.57 bits per heavy atom. The molecule has 1 fully saturated rings. The minimum absolute atomic E-state index is 0.764. The van der Waals surface area contributed by atoms with Crippen molar-refractivity contribution in [3.8, 4) is 0 Å². The number of hydrogen-bond donors (Lipinski definition) is 2. The number of nitrogens with zero attached hydrogens (tertiary/aromatic N) is 2. The molecule has 1 aliphatic carbocycles. The summed E-state index contributed by atoms with van der Waals surface area (Å²) < 4.78 is 5.20. The van der Waals surface area contributed by atoms with E-state index >= 15 is 0 Å². The number of hydrogen-bond acceptors (Lipinski definition) is 3. The first-order chi connectivity index (χ1) is 11.3. The number of aliphatic imine (C=N–C) groups is 1. The average Bonchev–Trinajstić information content (AvgIpc) is 3.42. The molecule has 0 bridgehead atoms. The van der Waals surface area contributed by atoms with Gasteiger partial charge in [0.25, 0.3) is 0 Å². The third kappa shape index (κ3) is 7.01. The lowest BCUT2D eigenvalue weighted by Gasteiger charge is -2.22. The zero-order valence-corrected chi connectivity index (χ0v) is 14.4. The van der Waals surface area contributed by atoms with Crippen LogP contribution in [0.2, 0.25) is 0 Å². The molecule has 1 saturated carbocycles. The van der Waals surface area contributed by atoms with Crippen LogP contribution in [0.5, 0.6) is 0 Å². The molecule has 0 heterocycles. The predicted molar refractivity (Wildman–Crippen MR) is 96.0 cm³/mol. The third-order valence-electron chi connectivity index (χ3n) is 4.11. The molecule has 0 amide bonds. The number of rotatable bonds is 10. The Bertz CT molecular complexity index is 459. The highest BCUT2D eigenvalue weighted by molar-refractivity contribution is 5.79. The van der Waals surface area contributed by atoms with Gasteiger partial charge in [-0.25, -0.2) is 0 Å². The third-order valence-corrected chi connectivity index (χ3v) is 4.11. The number of ether oxygens (including phenoxy) is 1. The minimum Gasteiger partial charge on any atom is -0.383 e. The molecule has 0 saturated heterocycles. The highest BCUT2D eigenvalue weighted by Crippen LogP contribution is 2.25. The predicted octanol–water partition coefficient (Wildman–Crippen LogP) is 1.50. The van der Waals surface area contributed by atoms with E-state index in [9.17, 15) is 0 Å². The molecule has 1 aromatic carbocycles. The second-order valence-electron chi connectivity index (χ2n) is 5.92. The zero-order valence-electron chi connectivity index (χ0n) is 14.4. The second-order valence-corrected chi connectivity index (χ2v) is 5.92. The van der Waals surface area contributed by atoms with Crippen molar-refractivity contribution in [3.05, 3.63) is 35.9 Å². The molecule has 0 spiro atoms. The van der Waals surface area contributed by atoms with Crippen LogP contribution in [-0.2, 0) is 11.2 Å². The van der Waals surface area contributed by atoms with Gasteiger partial charge in [0, 0.05) is 46.4 Å². The first-order valence-electron chi connectivity index (χ1n) is 8.55. The summed E-state index contributed by atoms with van der Waals surface area (Å²) in [4.78, 5) is 6.80. The summed E-state index contributed by atoms with van der Waals surface area (Å²) in [5, 5.41) is 6.78. The highest BCUT2D eigenvalue weighted by Gasteiger charge is 2.28. The van der Waals surface area contributed by atoms with Crippen molar-refractivity contribution in [2.75, 3.05) is 46.9 Å². The van der Waals surface area contributed by atoms with Crippen molar-refractivity contribution in [2.45, 2.75) is 25.3 Å². The molecular formula is C18H30N4O. The molecule has 0 aliphatic heterocycles. The van der Waals surface area contributed by atoms with E-state index in [1.54, 1.807) is 7.11 Å². The van der Waals surface area contributed by atoms with Crippen molar-refractivity contribution in [3.63, 3.8) is 0 Å². The van der Waals surface area contributed by atoms with Crippen LogP contribution in [-0.4, -0.2) is 63.8 Å². The lowest BCUT2D eigenvalue weighted by molar-refractivity contribution is 0.144. The van der Waals surface area contributed by atoms with Gasteiger partial charge in [0.15, 0.2) is 5.96 Å². The normalized spacial score (nSPS) is 15.0. The van der Waals surface area contributed by atoms with Gasteiger partial charge in [-0.1, -0.05) is 30.3 Å². The van der Waals surface area contributed by atoms with Crippen LogP contribution >= 0.6 is 0 Å². The van der Waals surface area contributed by atoms with E-state index in [0.717, 1.165) is 51.2 Å². The summed E-state index contributed by atoms with van der Waals surface area (Å²) in [6.07, 6.45) is 3.66. The van der Waals surface area contributed by atoms with Gasteiger partial charge < -0.3 is 15.4 Å². The first kappa shape index (κ1) is 17.8. The van der Waals surface area contributed by atoms with E-state index in [4.69, 9.17) is 4.74 Å². The van der Waals surface area contributed by atoms with Crippen molar-refractivity contribution in [2.24, 2.45) is 4.99 Å². The van der Waals surface area contributed by atoms with Crippen LogP contribution in [0.15, 0.2) is 35.3 Å². The summed E-state index contributed by atoms with van der Waals surface area (Å²) >= 11 is 0. The monoisotopic (exact) mass is 318 g/mol. The molecule has 5 nitrogen and oxygen atoms in total. The summed E-state index contributed by atoms with van der Waals surface area (Å²) in [5.41, 5.74) is 1.34. The maximum absolute atomic E-state index is 5.20. The van der Waals surface area contributed by atoms with Crippen LogP contribution in [0.25, 0.3) is 0 Å². The maximum Gasteiger partial charge on any atom is 0.191 e. The zero-order chi connectivity index (χ0) is 16.3. The molecule has 0 atom stereocenters. The Balaban J connectivity index is 1.62. The van der Waals surface area contributed by atoms with Gasteiger partial charge in [-0.2, -0.15) is 0 Å². The fourth-order valence-corrected chi connectivity index (χ4v) is 2.63. The minimum atomic E-state index is 0.764. The Labute approximate surface area is 140 Å². The highest BCUT2D eigenvalue weighted by atomic mass is 16.5. The number of benzene rings is 1. The van der Waals surface area contributed by atoms with Crippen LogP contribution in [0, 0.1) is 0 Å². The quantitative estimate of drug-likeness (QED) is 0.507. The van der Waals surface area contributed by atoms with Crippen LogP contribution in [0.4, 0.5) is 0 Å².